The number of hydrogen-bond donors (Lipinski definition) is 0. The van der Waals surface area contributed by atoms with Gasteiger partial charge in [-0.25, -0.2) is 13.2 Å². The van der Waals surface area contributed by atoms with Gasteiger partial charge in [-0.1, -0.05) is 13.8 Å². The van der Waals surface area contributed by atoms with E-state index in [1.165, 1.54) is 7.11 Å². The maximum Gasteiger partial charge on any atom is 0.573 e. The predicted octanol–water partition coefficient (Wildman–Crippen LogP) is 2.29. The molecular weight excluding hydrogens is 397 g/mol. The molecule has 0 heterocycles. The van der Waals surface area contributed by atoms with E-state index in [2.05, 4.69) is 9.47 Å². The Balaban J connectivity index is 3.07. The van der Waals surface area contributed by atoms with E-state index in [-0.39, 0.29) is 11.5 Å². The van der Waals surface area contributed by atoms with Crippen molar-refractivity contribution in [3.8, 4) is 11.5 Å². The normalized spacial score (nSPS) is 13.3. The predicted molar refractivity (Wildman–Crippen MR) is 84.2 cm³/mol. The Hall–Kier alpha value is -2.05. The van der Waals surface area contributed by atoms with Crippen LogP contribution >= 0.6 is 0 Å². The smallest absolute Gasteiger partial charge is 0.573 e. The molecule has 0 aliphatic rings. The average Bonchev–Trinajstić information content (AvgIpc) is 2.50. The third-order valence-electron chi connectivity index (χ3n) is 2.99. The largest absolute Gasteiger partial charge is 0.748 e. The van der Waals surface area contributed by atoms with E-state index in [4.69, 9.17) is 9.47 Å². The molecule has 0 amide bonds. The molecule has 154 valence electrons. The summed E-state index contributed by atoms with van der Waals surface area (Å²) in [6, 6.07) is 2.75. The summed E-state index contributed by atoms with van der Waals surface area (Å²) in [6.45, 7) is 2.69. The molecule has 0 bridgehead atoms. The molecule has 0 N–H and O–H groups in total. The Morgan fingerprint density at radius 1 is 1.22 bits per heavy atom. The monoisotopic (exact) mass is 415 g/mol. The van der Waals surface area contributed by atoms with E-state index >= 15 is 0 Å². The molecule has 0 spiro atoms. The fraction of sp³-hybridized carbons (Fsp3) is 0.533. The summed E-state index contributed by atoms with van der Waals surface area (Å²) in [7, 11) is -3.29. The molecule has 0 aromatic heterocycles. The molecule has 1 aromatic carbocycles. The Labute approximate surface area is 153 Å². The molecule has 12 heteroatoms. The first-order chi connectivity index (χ1) is 12.3. The maximum atomic E-state index is 12.5. The SMILES string of the molecule is COC(Oc1cc(C(=O)OCCS(=O)(=O)[O-])ccc1OC(F)(F)F)C(C)C. The summed E-state index contributed by atoms with van der Waals surface area (Å²) in [5, 5.41) is 0. The number of halogens is 3. The molecule has 0 radical (unpaired) electrons. The second-order valence-corrected chi connectivity index (χ2v) is 7.10. The number of alkyl halides is 3. The average molecular weight is 415 g/mol. The highest BCUT2D eigenvalue weighted by Crippen LogP contribution is 2.34. The van der Waals surface area contributed by atoms with Crippen molar-refractivity contribution in [1.29, 1.82) is 0 Å². The molecule has 1 unspecified atom stereocenters. The molecular formula is C15H18F3O8S-. The van der Waals surface area contributed by atoms with E-state index in [0.717, 1.165) is 18.2 Å². The van der Waals surface area contributed by atoms with Crippen molar-refractivity contribution in [2.24, 2.45) is 5.92 Å². The maximum absolute atomic E-state index is 12.5. The van der Waals surface area contributed by atoms with Crippen LogP contribution in [-0.4, -0.2) is 51.1 Å². The van der Waals surface area contributed by atoms with Crippen molar-refractivity contribution >= 4 is 16.1 Å². The first-order valence-electron chi connectivity index (χ1n) is 7.52. The summed E-state index contributed by atoms with van der Waals surface area (Å²) in [6.07, 6.45) is -5.93. The van der Waals surface area contributed by atoms with Crippen LogP contribution in [-0.2, 0) is 19.6 Å². The summed E-state index contributed by atoms with van der Waals surface area (Å²) in [5.41, 5.74) is -0.235. The highest BCUT2D eigenvalue weighted by Gasteiger charge is 2.33. The molecule has 0 saturated heterocycles. The van der Waals surface area contributed by atoms with Crippen LogP contribution < -0.4 is 9.47 Å². The minimum Gasteiger partial charge on any atom is -0.748 e. The summed E-state index contributed by atoms with van der Waals surface area (Å²) in [4.78, 5) is 11.9. The molecule has 1 atom stereocenters. The molecule has 8 nitrogen and oxygen atoms in total. The zero-order valence-electron chi connectivity index (χ0n) is 14.6. The number of hydrogen-bond acceptors (Lipinski definition) is 8. The lowest BCUT2D eigenvalue weighted by Crippen LogP contribution is -2.26. The fourth-order valence-electron chi connectivity index (χ4n) is 1.84. The number of carbonyl (C=O) groups is 1. The standard InChI is InChI=1S/C15H19F3O8S/c1-9(2)14(23-3)25-12-8-10(4-5-11(12)26-15(16,17)18)13(19)24-6-7-27(20,21)22/h4-5,8-9,14H,6-7H2,1-3H3,(H,20,21,22)/p-1. The molecule has 1 rings (SSSR count). The van der Waals surface area contributed by atoms with Gasteiger partial charge in [0.2, 0.25) is 6.29 Å². The number of esters is 1. The lowest BCUT2D eigenvalue weighted by atomic mass is 10.2. The molecule has 1 aromatic rings. The second kappa shape index (κ2) is 9.24. The summed E-state index contributed by atoms with van der Waals surface area (Å²) >= 11 is 0. The van der Waals surface area contributed by atoms with Crippen molar-refractivity contribution in [1.82, 2.24) is 0 Å². The fourth-order valence-corrected chi connectivity index (χ4v) is 2.12. The van der Waals surface area contributed by atoms with Crippen LogP contribution in [0, 0.1) is 5.92 Å². The van der Waals surface area contributed by atoms with Gasteiger partial charge in [-0.3, -0.25) is 0 Å². The van der Waals surface area contributed by atoms with Crippen molar-refractivity contribution in [3.05, 3.63) is 23.8 Å². The Morgan fingerprint density at radius 3 is 2.33 bits per heavy atom. The number of ether oxygens (including phenoxy) is 4. The zero-order valence-corrected chi connectivity index (χ0v) is 15.4. The van der Waals surface area contributed by atoms with Crippen molar-refractivity contribution in [3.63, 3.8) is 0 Å². The highest BCUT2D eigenvalue weighted by atomic mass is 32.2. The van der Waals surface area contributed by atoms with Gasteiger partial charge < -0.3 is 23.5 Å². The Morgan fingerprint density at radius 2 is 1.85 bits per heavy atom. The van der Waals surface area contributed by atoms with Crippen LogP contribution in [0.3, 0.4) is 0 Å². The lowest BCUT2D eigenvalue weighted by Gasteiger charge is -2.23. The van der Waals surface area contributed by atoms with Gasteiger partial charge in [0.25, 0.3) is 0 Å². The molecule has 27 heavy (non-hydrogen) atoms. The first-order valence-corrected chi connectivity index (χ1v) is 9.10. The molecule has 0 aliphatic heterocycles. The number of carbonyl (C=O) groups excluding carboxylic acids is 1. The Kier molecular flexibility index (Phi) is 7.87. The quantitative estimate of drug-likeness (QED) is 0.343. The third-order valence-corrected chi connectivity index (χ3v) is 3.66. The van der Waals surface area contributed by atoms with Gasteiger partial charge in [-0.15, -0.1) is 13.2 Å². The van der Waals surface area contributed by atoms with Gasteiger partial charge in [0, 0.05) is 13.0 Å². The van der Waals surface area contributed by atoms with E-state index in [1.54, 1.807) is 13.8 Å². The van der Waals surface area contributed by atoms with Crippen molar-refractivity contribution in [2.45, 2.75) is 26.5 Å². The highest BCUT2D eigenvalue weighted by molar-refractivity contribution is 7.85. The van der Waals surface area contributed by atoms with E-state index in [9.17, 15) is 30.9 Å². The van der Waals surface area contributed by atoms with E-state index in [1.807, 2.05) is 0 Å². The van der Waals surface area contributed by atoms with Crippen LogP contribution in [0.25, 0.3) is 0 Å². The van der Waals surface area contributed by atoms with E-state index in [0.29, 0.717) is 0 Å². The van der Waals surface area contributed by atoms with E-state index < -0.39 is 52.6 Å². The molecule has 0 fully saturated rings. The summed E-state index contributed by atoms with van der Waals surface area (Å²) < 4.78 is 88.0. The van der Waals surface area contributed by atoms with Crippen LogP contribution in [0.2, 0.25) is 0 Å². The van der Waals surface area contributed by atoms with Crippen molar-refractivity contribution < 1.29 is 49.9 Å². The van der Waals surface area contributed by atoms with Gasteiger partial charge in [0.05, 0.1) is 21.4 Å². The minimum absolute atomic E-state index is 0.235. The van der Waals surface area contributed by atoms with Crippen molar-refractivity contribution in [2.75, 3.05) is 19.5 Å². The third kappa shape index (κ3) is 8.45. The number of benzene rings is 1. The summed E-state index contributed by atoms with van der Waals surface area (Å²) in [5.74, 6) is -3.37. The van der Waals surface area contributed by atoms with Crippen LogP contribution in [0.4, 0.5) is 13.2 Å². The van der Waals surface area contributed by atoms with Crippen LogP contribution in [0.1, 0.15) is 24.2 Å². The molecule has 0 saturated carbocycles. The lowest BCUT2D eigenvalue weighted by molar-refractivity contribution is -0.275. The Bertz CT molecular complexity index is 746. The van der Waals surface area contributed by atoms with Crippen LogP contribution in [0.15, 0.2) is 18.2 Å². The van der Waals surface area contributed by atoms with Crippen LogP contribution in [0.5, 0.6) is 11.5 Å². The van der Waals surface area contributed by atoms with Gasteiger partial charge >= 0.3 is 12.3 Å². The van der Waals surface area contributed by atoms with Gasteiger partial charge in [0.15, 0.2) is 11.5 Å². The second-order valence-electron chi connectivity index (χ2n) is 5.57. The first kappa shape index (κ1) is 23.0. The van der Waals surface area contributed by atoms with Gasteiger partial charge in [-0.2, -0.15) is 0 Å². The minimum atomic E-state index is -5.00. The van der Waals surface area contributed by atoms with Gasteiger partial charge in [0.1, 0.15) is 6.61 Å². The number of methoxy groups -OCH3 is 1. The zero-order chi connectivity index (χ0) is 20.8. The topological polar surface area (TPSA) is 111 Å². The molecule has 0 aliphatic carbocycles. The number of rotatable bonds is 9. The van der Waals surface area contributed by atoms with Gasteiger partial charge in [-0.05, 0) is 18.2 Å².